The van der Waals surface area contributed by atoms with Crippen molar-refractivity contribution in [3.63, 3.8) is 0 Å². The van der Waals surface area contributed by atoms with E-state index < -0.39 is 0 Å². The van der Waals surface area contributed by atoms with E-state index in [1.165, 1.54) is 0 Å². The second kappa shape index (κ2) is 13.5. The van der Waals surface area contributed by atoms with Crippen LogP contribution in [0.1, 0.15) is 31.7 Å². The number of ether oxygens (including phenoxy) is 1. The Kier molecular flexibility index (Phi) is 10.6. The SMILES string of the molecule is S.S.[C-]#[N+][C@@H]1CCCC1C(=O)[C@@H](C)Cc1c[nH]c2ccc(Oc3ccc(NC(=O)C4CSCN4)cc3)cc12. The fourth-order valence-corrected chi connectivity index (χ4v) is 6.09. The molecule has 1 saturated carbocycles. The van der Waals surface area contributed by atoms with Crippen molar-refractivity contribution in [1.82, 2.24) is 10.3 Å². The van der Waals surface area contributed by atoms with Gasteiger partial charge in [0.15, 0.2) is 0 Å². The van der Waals surface area contributed by atoms with Gasteiger partial charge in [-0.15, -0.1) is 11.8 Å². The molecule has 1 amide bonds. The average molecular weight is 571 g/mol. The molecule has 1 aliphatic carbocycles. The van der Waals surface area contributed by atoms with Crippen LogP contribution in [0.3, 0.4) is 0 Å². The lowest BCUT2D eigenvalue weighted by atomic mass is 9.86. The number of nitrogens with one attached hydrogen (secondary N) is 3. The summed E-state index contributed by atoms with van der Waals surface area (Å²) < 4.78 is 6.09. The van der Waals surface area contributed by atoms with Gasteiger partial charge in [0.05, 0.1) is 12.0 Å². The van der Waals surface area contributed by atoms with Crippen molar-refractivity contribution in [2.45, 2.75) is 44.7 Å². The highest BCUT2D eigenvalue weighted by Gasteiger charge is 2.39. The number of hydrogen-bond acceptors (Lipinski definition) is 5. The van der Waals surface area contributed by atoms with E-state index in [-0.39, 0.29) is 62.6 Å². The maximum Gasteiger partial charge on any atom is 0.242 e. The van der Waals surface area contributed by atoms with Crippen LogP contribution in [-0.2, 0) is 16.0 Å². The summed E-state index contributed by atoms with van der Waals surface area (Å²) in [6.07, 6.45) is 5.24. The van der Waals surface area contributed by atoms with E-state index in [9.17, 15) is 9.59 Å². The number of rotatable bonds is 8. The smallest absolute Gasteiger partial charge is 0.242 e. The molecule has 2 unspecified atom stereocenters. The number of carbonyl (C=O) groups excluding carboxylic acids is 2. The zero-order valence-electron chi connectivity index (χ0n) is 21.3. The van der Waals surface area contributed by atoms with Gasteiger partial charge in [0.1, 0.15) is 17.3 Å². The number of anilines is 1. The molecule has 4 atom stereocenters. The molecule has 1 saturated heterocycles. The van der Waals surface area contributed by atoms with Crippen molar-refractivity contribution < 1.29 is 14.3 Å². The molecule has 5 rings (SSSR count). The Morgan fingerprint density at radius 2 is 1.92 bits per heavy atom. The van der Waals surface area contributed by atoms with Gasteiger partial charge in [-0.2, -0.15) is 27.0 Å². The minimum absolute atomic E-state index is 0. The molecule has 2 heterocycles. The first kappa shape index (κ1) is 30.0. The van der Waals surface area contributed by atoms with Crippen LogP contribution in [0.25, 0.3) is 15.7 Å². The highest BCUT2D eigenvalue weighted by molar-refractivity contribution is 7.99. The Morgan fingerprint density at radius 3 is 2.63 bits per heavy atom. The number of hydrogen-bond donors (Lipinski definition) is 3. The molecule has 7 nitrogen and oxygen atoms in total. The molecule has 1 aromatic heterocycles. The van der Waals surface area contributed by atoms with Crippen LogP contribution in [0.2, 0.25) is 0 Å². The van der Waals surface area contributed by atoms with Crippen molar-refractivity contribution >= 4 is 67.0 Å². The normalized spacial score (nSPS) is 21.1. The summed E-state index contributed by atoms with van der Waals surface area (Å²) in [4.78, 5) is 32.3. The van der Waals surface area contributed by atoms with E-state index in [2.05, 4.69) is 20.5 Å². The summed E-state index contributed by atoms with van der Waals surface area (Å²) in [5.74, 6) is 2.89. The Hall–Kier alpha value is -2.58. The lowest BCUT2D eigenvalue weighted by molar-refractivity contribution is -0.126. The van der Waals surface area contributed by atoms with Gasteiger partial charge in [-0.05, 0) is 67.3 Å². The van der Waals surface area contributed by atoms with Gasteiger partial charge in [-0.3, -0.25) is 14.9 Å². The van der Waals surface area contributed by atoms with E-state index in [0.29, 0.717) is 17.9 Å². The maximum atomic E-state index is 13.0. The number of amides is 1. The molecule has 202 valence electrons. The lowest BCUT2D eigenvalue weighted by Gasteiger charge is -2.15. The van der Waals surface area contributed by atoms with Gasteiger partial charge in [0, 0.05) is 46.8 Å². The Balaban J connectivity index is 0.00000200. The van der Waals surface area contributed by atoms with Crippen molar-refractivity contribution in [2.24, 2.45) is 11.8 Å². The predicted octanol–water partition coefficient (Wildman–Crippen LogP) is 5.62. The van der Waals surface area contributed by atoms with Crippen molar-refractivity contribution in [3.05, 3.63) is 65.6 Å². The van der Waals surface area contributed by atoms with Crippen LogP contribution < -0.4 is 15.4 Å². The van der Waals surface area contributed by atoms with Gasteiger partial charge in [-0.25, -0.2) is 6.57 Å². The van der Waals surface area contributed by atoms with Crippen LogP contribution in [0.5, 0.6) is 11.5 Å². The number of nitrogens with zero attached hydrogens (tertiary/aromatic N) is 1. The first-order valence-electron chi connectivity index (χ1n) is 12.4. The Morgan fingerprint density at radius 1 is 1.16 bits per heavy atom. The van der Waals surface area contributed by atoms with Crippen LogP contribution >= 0.6 is 38.8 Å². The molecule has 2 aliphatic rings. The average Bonchev–Trinajstić information content (AvgIpc) is 3.66. The van der Waals surface area contributed by atoms with Gasteiger partial charge in [-0.1, -0.05) is 6.92 Å². The first-order valence-corrected chi connectivity index (χ1v) is 13.6. The third kappa shape index (κ3) is 6.70. The first-order chi connectivity index (χ1) is 17.5. The number of ketones is 1. The Bertz CT molecular complexity index is 1300. The van der Waals surface area contributed by atoms with E-state index >= 15 is 0 Å². The second-order valence-electron chi connectivity index (χ2n) is 9.65. The molecule has 3 aromatic rings. The summed E-state index contributed by atoms with van der Waals surface area (Å²) in [6, 6.07) is 12.9. The highest BCUT2D eigenvalue weighted by Crippen LogP contribution is 2.33. The highest BCUT2D eigenvalue weighted by atomic mass is 32.2. The molecule has 1 aliphatic heterocycles. The van der Waals surface area contributed by atoms with E-state index in [1.807, 2.05) is 55.6 Å². The predicted molar refractivity (Wildman–Crippen MR) is 164 cm³/mol. The molecule has 3 N–H and O–H groups in total. The number of aromatic nitrogens is 1. The molecular weight excluding hydrogens is 537 g/mol. The zero-order valence-corrected chi connectivity index (χ0v) is 24.1. The lowest BCUT2D eigenvalue weighted by Crippen LogP contribution is -2.37. The molecule has 0 bridgehead atoms. The molecular formula is C28H34N4O3S3. The second-order valence-corrected chi connectivity index (χ2v) is 10.7. The largest absolute Gasteiger partial charge is 0.457 e. The summed E-state index contributed by atoms with van der Waals surface area (Å²) in [5.41, 5.74) is 2.80. The topological polar surface area (TPSA) is 87.6 Å². The monoisotopic (exact) mass is 570 g/mol. The molecule has 0 spiro atoms. The molecule has 0 radical (unpaired) electrons. The summed E-state index contributed by atoms with van der Waals surface area (Å²) in [7, 11) is 0. The number of carbonyl (C=O) groups is 2. The zero-order chi connectivity index (χ0) is 25.1. The third-order valence-corrected chi connectivity index (χ3v) is 8.09. The number of aromatic amines is 1. The van der Waals surface area contributed by atoms with Crippen LogP contribution in [0.15, 0.2) is 48.7 Å². The van der Waals surface area contributed by atoms with Crippen molar-refractivity contribution in [2.75, 3.05) is 16.9 Å². The molecule has 38 heavy (non-hydrogen) atoms. The fraction of sp³-hybridized carbons (Fsp3) is 0.393. The van der Waals surface area contributed by atoms with E-state index in [1.54, 1.807) is 11.8 Å². The van der Waals surface area contributed by atoms with Gasteiger partial charge in [0.2, 0.25) is 11.9 Å². The standard InChI is InChI=1S/C28H30N4O3S.2H2S/c1-17(27(33)22-4-3-5-24(22)29-2)12-18-14-30-25-11-10-21(13-23(18)25)35-20-8-6-19(7-9-20)32-28(34)26-15-36-16-31-26;;/h6-11,13-14,17,22,24,26,30-31H,3-5,12,15-16H2,1H3,(H,32,34);2*1H2/t17-,22?,24+,26?;;/m0../s1. The molecule has 2 fully saturated rings. The minimum atomic E-state index is -0.154. The van der Waals surface area contributed by atoms with Crippen LogP contribution in [0, 0.1) is 18.4 Å². The number of benzene rings is 2. The number of Topliss-reactive ketones (excluding diaryl/α,β-unsaturated/α-hetero) is 1. The minimum Gasteiger partial charge on any atom is -0.457 e. The summed E-state index contributed by atoms with van der Waals surface area (Å²) in [5, 5.41) is 7.14. The number of fused-ring (bicyclic) bond motifs is 1. The molecule has 10 heteroatoms. The van der Waals surface area contributed by atoms with Crippen LogP contribution in [0.4, 0.5) is 5.69 Å². The number of thioether (sulfide) groups is 1. The van der Waals surface area contributed by atoms with Gasteiger partial charge in [0.25, 0.3) is 0 Å². The quantitative estimate of drug-likeness (QED) is 0.306. The summed E-state index contributed by atoms with van der Waals surface area (Å²) >= 11 is 1.72. The van der Waals surface area contributed by atoms with Gasteiger partial charge >= 0.3 is 0 Å². The van der Waals surface area contributed by atoms with E-state index in [4.69, 9.17) is 11.3 Å². The van der Waals surface area contributed by atoms with Crippen LogP contribution in [-0.4, -0.2) is 40.4 Å². The summed E-state index contributed by atoms with van der Waals surface area (Å²) in [6.45, 7) is 9.37. The molecule has 2 aromatic carbocycles. The van der Waals surface area contributed by atoms with Gasteiger partial charge < -0.3 is 19.9 Å². The third-order valence-electron chi connectivity index (χ3n) is 7.15. The Labute approximate surface area is 241 Å². The van der Waals surface area contributed by atoms with E-state index in [0.717, 1.165) is 53.0 Å². The fourth-order valence-electron chi connectivity index (χ4n) is 5.15. The van der Waals surface area contributed by atoms with Crippen molar-refractivity contribution in [3.8, 4) is 11.5 Å². The number of H-pyrrole nitrogens is 1. The van der Waals surface area contributed by atoms with Crippen molar-refractivity contribution in [1.29, 1.82) is 0 Å². The maximum absolute atomic E-state index is 13.0.